The Morgan fingerprint density at radius 2 is 2.00 bits per heavy atom. The van der Waals surface area contributed by atoms with Crippen molar-refractivity contribution in [3.05, 3.63) is 23.2 Å². The van der Waals surface area contributed by atoms with E-state index in [0.717, 1.165) is 25.7 Å². The fraction of sp³-hybridized carbons (Fsp3) is 0.600. The van der Waals surface area contributed by atoms with E-state index in [0.29, 0.717) is 5.02 Å². The lowest BCUT2D eigenvalue weighted by Gasteiger charge is -2.23. The van der Waals surface area contributed by atoms with Crippen molar-refractivity contribution in [2.24, 2.45) is 0 Å². The van der Waals surface area contributed by atoms with Crippen LogP contribution in [0.1, 0.15) is 38.5 Å². The van der Waals surface area contributed by atoms with Gasteiger partial charge < -0.3 is 10.5 Å². The van der Waals surface area contributed by atoms with Crippen molar-refractivity contribution in [2.45, 2.75) is 55.1 Å². The highest BCUT2D eigenvalue weighted by Gasteiger charge is 2.43. The van der Waals surface area contributed by atoms with Gasteiger partial charge in [0, 0.05) is 5.02 Å². The van der Waals surface area contributed by atoms with Gasteiger partial charge in [0.15, 0.2) is 9.84 Å². The molecule has 1 spiro atoms. The Kier molecular flexibility index (Phi) is 3.93. The Morgan fingerprint density at radius 1 is 1.29 bits per heavy atom. The Bertz CT molecular complexity index is 638. The Morgan fingerprint density at radius 3 is 2.67 bits per heavy atom. The van der Waals surface area contributed by atoms with Crippen LogP contribution < -0.4 is 5.73 Å². The van der Waals surface area contributed by atoms with Gasteiger partial charge in [-0.05, 0) is 43.9 Å². The Balaban J connectivity index is 1.75. The number of nitrogens with two attached hydrogens (primary N) is 1. The first-order valence-corrected chi connectivity index (χ1v) is 9.39. The molecule has 1 aromatic carbocycles. The summed E-state index contributed by atoms with van der Waals surface area (Å²) in [6.45, 7) is 0. The largest absolute Gasteiger partial charge is 0.398 e. The number of rotatable bonds is 3. The molecule has 1 saturated carbocycles. The molecule has 6 heteroatoms. The van der Waals surface area contributed by atoms with Crippen molar-refractivity contribution in [2.75, 3.05) is 11.5 Å². The lowest BCUT2D eigenvalue weighted by molar-refractivity contribution is -0.0272. The summed E-state index contributed by atoms with van der Waals surface area (Å²) in [6.07, 6.45) is 6.06. The lowest BCUT2D eigenvalue weighted by atomic mass is 9.98. The van der Waals surface area contributed by atoms with Crippen molar-refractivity contribution < 1.29 is 13.2 Å². The SMILES string of the molecule is Nc1cc(Cl)ccc1S(=O)(=O)CC1CCC2(CCCC2)O1. The maximum atomic E-state index is 12.5. The first-order valence-electron chi connectivity index (χ1n) is 7.36. The van der Waals surface area contributed by atoms with Crippen LogP contribution in [-0.4, -0.2) is 25.9 Å². The van der Waals surface area contributed by atoms with E-state index in [9.17, 15) is 8.42 Å². The van der Waals surface area contributed by atoms with Crippen LogP contribution in [0.3, 0.4) is 0 Å². The van der Waals surface area contributed by atoms with E-state index in [4.69, 9.17) is 22.1 Å². The minimum Gasteiger partial charge on any atom is -0.398 e. The van der Waals surface area contributed by atoms with Crippen LogP contribution in [0.5, 0.6) is 0 Å². The van der Waals surface area contributed by atoms with Crippen LogP contribution in [0.25, 0.3) is 0 Å². The first-order chi connectivity index (χ1) is 9.90. The highest BCUT2D eigenvalue weighted by Crippen LogP contribution is 2.43. The normalized spacial score (nSPS) is 24.7. The zero-order valence-corrected chi connectivity index (χ0v) is 13.4. The summed E-state index contributed by atoms with van der Waals surface area (Å²) < 4.78 is 31.1. The van der Waals surface area contributed by atoms with Crippen LogP contribution in [-0.2, 0) is 14.6 Å². The van der Waals surface area contributed by atoms with Crippen LogP contribution >= 0.6 is 11.6 Å². The molecule has 0 aromatic heterocycles. The van der Waals surface area contributed by atoms with E-state index < -0.39 is 9.84 Å². The molecule has 3 rings (SSSR count). The van der Waals surface area contributed by atoms with Gasteiger partial charge in [0.25, 0.3) is 0 Å². The second kappa shape index (κ2) is 5.45. The smallest absolute Gasteiger partial charge is 0.182 e. The van der Waals surface area contributed by atoms with Gasteiger partial charge in [-0.1, -0.05) is 24.4 Å². The van der Waals surface area contributed by atoms with Crippen LogP contribution in [0.15, 0.2) is 23.1 Å². The third-order valence-corrected chi connectivity index (χ3v) is 6.65. The number of nitrogen functional groups attached to an aromatic ring is 1. The third-order valence-electron chi connectivity index (χ3n) is 4.57. The number of ether oxygens (including phenoxy) is 1. The standard InChI is InChI=1S/C15H20ClNO3S/c16-11-3-4-14(13(17)9-11)21(18,19)10-12-5-8-15(20-12)6-1-2-7-15/h3-4,9,12H,1-2,5-8,10,17H2. The highest BCUT2D eigenvalue weighted by molar-refractivity contribution is 7.91. The second-order valence-electron chi connectivity index (χ2n) is 6.13. The summed E-state index contributed by atoms with van der Waals surface area (Å²) in [7, 11) is -3.45. The van der Waals surface area contributed by atoms with Crippen LogP contribution in [0.2, 0.25) is 5.02 Å². The molecule has 0 bridgehead atoms. The number of anilines is 1. The molecule has 1 unspecified atom stereocenters. The van der Waals surface area contributed by atoms with Gasteiger partial charge in [0.05, 0.1) is 28.0 Å². The van der Waals surface area contributed by atoms with Gasteiger partial charge in [-0.3, -0.25) is 0 Å². The van der Waals surface area contributed by atoms with Gasteiger partial charge in [-0.2, -0.15) is 0 Å². The minimum absolute atomic E-state index is 0.000578. The zero-order valence-electron chi connectivity index (χ0n) is 11.8. The van der Waals surface area contributed by atoms with E-state index in [-0.39, 0.29) is 28.0 Å². The van der Waals surface area contributed by atoms with Crippen LogP contribution in [0.4, 0.5) is 5.69 Å². The fourth-order valence-electron chi connectivity index (χ4n) is 3.54. The van der Waals surface area contributed by atoms with Gasteiger partial charge in [-0.25, -0.2) is 8.42 Å². The van der Waals surface area contributed by atoms with Crippen molar-refractivity contribution in [3.8, 4) is 0 Å². The molecule has 1 atom stereocenters. The summed E-state index contributed by atoms with van der Waals surface area (Å²) >= 11 is 5.82. The van der Waals surface area contributed by atoms with E-state index in [1.807, 2.05) is 0 Å². The molecule has 2 aliphatic rings. The van der Waals surface area contributed by atoms with Gasteiger partial charge in [0.1, 0.15) is 0 Å². The van der Waals surface area contributed by atoms with Gasteiger partial charge in [0.2, 0.25) is 0 Å². The minimum atomic E-state index is -3.45. The maximum Gasteiger partial charge on any atom is 0.182 e. The number of sulfone groups is 1. The molecule has 2 fully saturated rings. The maximum absolute atomic E-state index is 12.5. The fourth-order valence-corrected chi connectivity index (χ4v) is 5.31. The molecule has 0 amide bonds. The Hall–Kier alpha value is -0.780. The van der Waals surface area contributed by atoms with E-state index in [1.165, 1.54) is 25.0 Å². The molecule has 4 nitrogen and oxygen atoms in total. The zero-order chi connectivity index (χ0) is 15.1. The third kappa shape index (κ3) is 3.05. The van der Waals surface area contributed by atoms with Gasteiger partial charge >= 0.3 is 0 Å². The molecule has 1 aromatic rings. The number of halogens is 1. The Labute approximate surface area is 130 Å². The molecule has 1 aliphatic carbocycles. The predicted octanol–water partition coefficient (Wildman–Crippen LogP) is 3.19. The highest BCUT2D eigenvalue weighted by atomic mass is 35.5. The van der Waals surface area contributed by atoms with E-state index >= 15 is 0 Å². The van der Waals surface area contributed by atoms with E-state index in [1.54, 1.807) is 6.07 Å². The van der Waals surface area contributed by atoms with Crippen molar-refractivity contribution in [1.29, 1.82) is 0 Å². The van der Waals surface area contributed by atoms with Crippen LogP contribution in [0, 0.1) is 0 Å². The van der Waals surface area contributed by atoms with Crippen molar-refractivity contribution >= 4 is 27.1 Å². The molecule has 1 aliphatic heterocycles. The van der Waals surface area contributed by atoms with Gasteiger partial charge in [-0.15, -0.1) is 0 Å². The average Bonchev–Trinajstić information content (AvgIpc) is 2.99. The predicted molar refractivity (Wildman–Crippen MR) is 83.2 cm³/mol. The molecule has 0 radical (unpaired) electrons. The molecule has 21 heavy (non-hydrogen) atoms. The lowest BCUT2D eigenvalue weighted by Crippen LogP contribution is -2.28. The molecular weight excluding hydrogens is 310 g/mol. The average molecular weight is 330 g/mol. The monoisotopic (exact) mass is 329 g/mol. The molecule has 1 saturated heterocycles. The quantitative estimate of drug-likeness (QED) is 0.865. The number of hydrogen-bond acceptors (Lipinski definition) is 4. The summed E-state index contributed by atoms with van der Waals surface area (Å²) in [4.78, 5) is 0.155. The first kappa shape index (κ1) is 15.1. The molecular formula is C15H20ClNO3S. The van der Waals surface area contributed by atoms with Crippen molar-refractivity contribution in [1.82, 2.24) is 0 Å². The second-order valence-corrected chi connectivity index (χ2v) is 8.57. The molecule has 116 valence electrons. The summed E-state index contributed by atoms with van der Waals surface area (Å²) in [5.74, 6) is 0.000578. The topological polar surface area (TPSA) is 69.4 Å². The summed E-state index contributed by atoms with van der Waals surface area (Å²) in [6, 6.07) is 4.51. The van der Waals surface area contributed by atoms with E-state index in [2.05, 4.69) is 0 Å². The number of hydrogen-bond donors (Lipinski definition) is 1. The molecule has 2 N–H and O–H groups in total. The molecule has 1 heterocycles. The summed E-state index contributed by atoms with van der Waals surface area (Å²) in [5.41, 5.74) is 5.95. The van der Waals surface area contributed by atoms with Crippen molar-refractivity contribution in [3.63, 3.8) is 0 Å². The number of benzene rings is 1. The summed E-state index contributed by atoms with van der Waals surface area (Å²) in [5, 5.41) is 0.438.